The molecule has 0 saturated carbocycles. The SMILES string of the molecule is Cc1cccn2cc(CC(=O)N[C@@H]3CCCc4c3cnn4C)nc12. The summed E-state index contributed by atoms with van der Waals surface area (Å²) in [5.41, 5.74) is 5.20. The fourth-order valence-corrected chi connectivity index (χ4v) is 3.56. The van der Waals surface area contributed by atoms with Crippen LogP contribution in [0.3, 0.4) is 0 Å². The number of carbonyl (C=O) groups excluding carboxylic acids is 1. The van der Waals surface area contributed by atoms with Gasteiger partial charge in [0.1, 0.15) is 5.65 Å². The molecule has 3 aromatic rings. The van der Waals surface area contributed by atoms with Crippen molar-refractivity contribution in [2.45, 2.75) is 38.6 Å². The van der Waals surface area contributed by atoms with E-state index in [0.717, 1.165) is 41.7 Å². The van der Waals surface area contributed by atoms with Gasteiger partial charge in [0.2, 0.25) is 5.91 Å². The van der Waals surface area contributed by atoms with E-state index in [4.69, 9.17) is 0 Å². The largest absolute Gasteiger partial charge is 0.349 e. The fraction of sp³-hybridized carbons (Fsp3) is 0.389. The summed E-state index contributed by atoms with van der Waals surface area (Å²) in [5.74, 6) is 0.0118. The van der Waals surface area contributed by atoms with Gasteiger partial charge >= 0.3 is 0 Å². The molecule has 6 heteroatoms. The minimum atomic E-state index is 0.0118. The van der Waals surface area contributed by atoms with E-state index in [1.807, 2.05) is 53.8 Å². The maximum absolute atomic E-state index is 12.5. The second kappa shape index (κ2) is 5.78. The number of aryl methyl sites for hydroxylation is 2. The maximum Gasteiger partial charge on any atom is 0.226 e. The van der Waals surface area contributed by atoms with Crippen molar-refractivity contribution in [1.29, 1.82) is 0 Å². The van der Waals surface area contributed by atoms with Gasteiger partial charge in [-0.25, -0.2) is 4.98 Å². The zero-order chi connectivity index (χ0) is 16.7. The molecule has 0 unspecified atom stereocenters. The van der Waals surface area contributed by atoms with Gasteiger partial charge in [0, 0.05) is 30.7 Å². The lowest BCUT2D eigenvalue weighted by Gasteiger charge is -2.23. The number of pyridine rings is 1. The Kier molecular flexibility index (Phi) is 3.59. The third kappa shape index (κ3) is 2.58. The van der Waals surface area contributed by atoms with Crippen LogP contribution in [0.1, 0.15) is 41.4 Å². The van der Waals surface area contributed by atoms with Gasteiger partial charge in [-0.3, -0.25) is 9.48 Å². The number of imidazole rings is 1. The van der Waals surface area contributed by atoms with Crippen LogP contribution in [-0.4, -0.2) is 25.1 Å². The van der Waals surface area contributed by atoms with Crippen LogP contribution in [-0.2, 0) is 24.7 Å². The number of rotatable bonds is 3. The molecule has 124 valence electrons. The first-order chi connectivity index (χ1) is 11.6. The predicted octanol–water partition coefficient (Wildman–Crippen LogP) is 2.11. The summed E-state index contributed by atoms with van der Waals surface area (Å²) in [5, 5.41) is 7.48. The Morgan fingerprint density at radius 1 is 1.46 bits per heavy atom. The van der Waals surface area contributed by atoms with Crippen LogP contribution in [0.5, 0.6) is 0 Å². The maximum atomic E-state index is 12.5. The van der Waals surface area contributed by atoms with Crippen molar-refractivity contribution in [3.63, 3.8) is 0 Å². The number of hydrogen-bond donors (Lipinski definition) is 1. The van der Waals surface area contributed by atoms with Crippen LogP contribution in [0.15, 0.2) is 30.7 Å². The average molecular weight is 323 g/mol. The van der Waals surface area contributed by atoms with E-state index in [-0.39, 0.29) is 11.9 Å². The van der Waals surface area contributed by atoms with Crippen molar-refractivity contribution in [2.75, 3.05) is 0 Å². The molecule has 24 heavy (non-hydrogen) atoms. The highest BCUT2D eigenvalue weighted by atomic mass is 16.1. The first-order valence-electron chi connectivity index (χ1n) is 8.35. The predicted molar refractivity (Wildman–Crippen MR) is 90.7 cm³/mol. The Balaban J connectivity index is 1.50. The average Bonchev–Trinajstić information content (AvgIpc) is 3.13. The second-order valence-electron chi connectivity index (χ2n) is 6.51. The molecular weight excluding hydrogens is 302 g/mol. The van der Waals surface area contributed by atoms with Gasteiger partial charge in [-0.15, -0.1) is 0 Å². The molecule has 0 aliphatic heterocycles. The van der Waals surface area contributed by atoms with Crippen LogP contribution < -0.4 is 5.32 Å². The molecule has 1 aliphatic carbocycles. The zero-order valence-electron chi connectivity index (χ0n) is 14.0. The van der Waals surface area contributed by atoms with Crippen LogP contribution in [0.2, 0.25) is 0 Å². The van der Waals surface area contributed by atoms with Crippen molar-refractivity contribution < 1.29 is 4.79 Å². The minimum absolute atomic E-state index is 0.0118. The second-order valence-corrected chi connectivity index (χ2v) is 6.51. The third-order valence-corrected chi connectivity index (χ3v) is 4.78. The smallest absolute Gasteiger partial charge is 0.226 e. The van der Waals surface area contributed by atoms with Gasteiger partial charge in [-0.1, -0.05) is 6.07 Å². The quantitative estimate of drug-likeness (QED) is 0.803. The molecule has 0 spiro atoms. The molecular formula is C18H21N5O. The molecule has 0 radical (unpaired) electrons. The number of amides is 1. The standard InChI is InChI=1S/C18H21N5O/c1-12-5-4-8-23-11-13(20-18(12)23)9-17(24)21-15-6-3-7-16-14(15)10-19-22(16)2/h4-5,8,10-11,15H,3,6-7,9H2,1-2H3,(H,21,24)/t15-/m1/s1. The fourth-order valence-electron chi connectivity index (χ4n) is 3.56. The Morgan fingerprint density at radius 2 is 2.33 bits per heavy atom. The van der Waals surface area contributed by atoms with E-state index in [1.165, 1.54) is 5.69 Å². The molecule has 3 heterocycles. The molecule has 1 amide bonds. The summed E-state index contributed by atoms with van der Waals surface area (Å²) >= 11 is 0. The lowest BCUT2D eigenvalue weighted by atomic mass is 9.93. The van der Waals surface area contributed by atoms with E-state index < -0.39 is 0 Å². The molecule has 0 saturated heterocycles. The molecule has 6 nitrogen and oxygen atoms in total. The number of fused-ring (bicyclic) bond motifs is 2. The van der Waals surface area contributed by atoms with Crippen molar-refractivity contribution in [2.24, 2.45) is 7.05 Å². The van der Waals surface area contributed by atoms with E-state index >= 15 is 0 Å². The van der Waals surface area contributed by atoms with Crippen molar-refractivity contribution >= 4 is 11.6 Å². The van der Waals surface area contributed by atoms with E-state index in [9.17, 15) is 4.79 Å². The summed E-state index contributed by atoms with van der Waals surface area (Å²) in [6.07, 6.45) is 9.14. The minimum Gasteiger partial charge on any atom is -0.349 e. The number of nitrogens with one attached hydrogen (secondary N) is 1. The lowest BCUT2D eigenvalue weighted by molar-refractivity contribution is -0.121. The van der Waals surface area contributed by atoms with E-state index in [0.29, 0.717) is 6.42 Å². The summed E-state index contributed by atoms with van der Waals surface area (Å²) in [7, 11) is 1.96. The van der Waals surface area contributed by atoms with Crippen molar-refractivity contribution in [3.05, 3.63) is 53.2 Å². The molecule has 1 aliphatic rings. The Hall–Kier alpha value is -2.63. The van der Waals surface area contributed by atoms with Crippen LogP contribution >= 0.6 is 0 Å². The molecule has 4 rings (SSSR count). The summed E-state index contributed by atoms with van der Waals surface area (Å²) < 4.78 is 3.89. The third-order valence-electron chi connectivity index (χ3n) is 4.78. The van der Waals surface area contributed by atoms with Crippen molar-refractivity contribution in [3.8, 4) is 0 Å². The Morgan fingerprint density at radius 3 is 3.17 bits per heavy atom. The zero-order valence-corrected chi connectivity index (χ0v) is 14.0. The van der Waals surface area contributed by atoms with E-state index in [2.05, 4.69) is 15.4 Å². The Bertz CT molecular complexity index is 907. The highest BCUT2D eigenvalue weighted by Crippen LogP contribution is 2.29. The first kappa shape index (κ1) is 14.9. The molecule has 0 aromatic carbocycles. The summed E-state index contributed by atoms with van der Waals surface area (Å²) in [6, 6.07) is 4.08. The molecule has 3 aromatic heterocycles. The highest BCUT2D eigenvalue weighted by Gasteiger charge is 2.24. The number of carbonyl (C=O) groups is 1. The van der Waals surface area contributed by atoms with Gasteiger partial charge in [0.05, 0.1) is 24.4 Å². The highest BCUT2D eigenvalue weighted by molar-refractivity contribution is 5.79. The van der Waals surface area contributed by atoms with Gasteiger partial charge in [-0.05, 0) is 37.8 Å². The normalized spacial score (nSPS) is 17.0. The lowest BCUT2D eigenvalue weighted by Crippen LogP contribution is -2.32. The molecule has 0 fully saturated rings. The van der Waals surface area contributed by atoms with Crippen LogP contribution in [0, 0.1) is 6.92 Å². The molecule has 1 atom stereocenters. The van der Waals surface area contributed by atoms with Gasteiger partial charge < -0.3 is 9.72 Å². The number of hydrogen-bond acceptors (Lipinski definition) is 3. The van der Waals surface area contributed by atoms with Gasteiger partial charge in [-0.2, -0.15) is 5.10 Å². The van der Waals surface area contributed by atoms with E-state index in [1.54, 1.807) is 0 Å². The first-order valence-corrected chi connectivity index (χ1v) is 8.35. The summed E-state index contributed by atoms with van der Waals surface area (Å²) in [4.78, 5) is 17.1. The monoisotopic (exact) mass is 323 g/mol. The van der Waals surface area contributed by atoms with Crippen LogP contribution in [0.4, 0.5) is 0 Å². The molecule has 1 N–H and O–H groups in total. The number of nitrogens with zero attached hydrogens (tertiary/aromatic N) is 4. The van der Waals surface area contributed by atoms with Gasteiger partial charge in [0.15, 0.2) is 0 Å². The summed E-state index contributed by atoms with van der Waals surface area (Å²) in [6.45, 7) is 2.03. The topological polar surface area (TPSA) is 64.2 Å². The van der Waals surface area contributed by atoms with Gasteiger partial charge in [0.25, 0.3) is 0 Å². The molecule has 0 bridgehead atoms. The number of aromatic nitrogens is 4. The Labute approximate surface area is 140 Å². The van der Waals surface area contributed by atoms with Crippen LogP contribution in [0.25, 0.3) is 5.65 Å². The van der Waals surface area contributed by atoms with Crippen molar-refractivity contribution in [1.82, 2.24) is 24.5 Å².